The van der Waals surface area contributed by atoms with Crippen LogP contribution in [0, 0.1) is 0 Å². The first-order valence-corrected chi connectivity index (χ1v) is 7.04. The summed E-state index contributed by atoms with van der Waals surface area (Å²) in [5.41, 5.74) is 1.23. The van der Waals surface area contributed by atoms with E-state index >= 15 is 0 Å². The van der Waals surface area contributed by atoms with Gasteiger partial charge in [0, 0.05) is 6.54 Å². The number of nitrogens with two attached hydrogens (primary N) is 1. The molecule has 0 saturated heterocycles. The van der Waals surface area contributed by atoms with Crippen LogP contribution in [0.15, 0.2) is 30.3 Å². The van der Waals surface area contributed by atoms with E-state index in [2.05, 4.69) is 17.4 Å². The van der Waals surface area contributed by atoms with Crippen LogP contribution in [0.1, 0.15) is 18.4 Å². The minimum atomic E-state index is -3.29. The van der Waals surface area contributed by atoms with E-state index in [-0.39, 0.29) is 5.75 Å². The highest BCUT2D eigenvalue weighted by Crippen LogP contribution is 1.97. The van der Waals surface area contributed by atoms with Crippen LogP contribution in [0.4, 0.5) is 0 Å². The molecule has 1 rings (SSSR count). The largest absolute Gasteiger partial charge is 0.313 e. The normalized spacial score (nSPS) is 11.6. The minimum Gasteiger partial charge on any atom is -0.313 e. The molecule has 3 N–H and O–H groups in total. The zero-order valence-electron chi connectivity index (χ0n) is 9.22. The Hall–Kier alpha value is -0.910. The van der Waals surface area contributed by atoms with Crippen molar-refractivity contribution >= 4 is 10.0 Å². The average Bonchev–Trinajstić information content (AvgIpc) is 2.23. The fraction of sp³-hybridized carbons (Fsp3) is 0.455. The van der Waals surface area contributed by atoms with Gasteiger partial charge in [0.2, 0.25) is 10.0 Å². The highest BCUT2D eigenvalue weighted by molar-refractivity contribution is 7.89. The van der Waals surface area contributed by atoms with Gasteiger partial charge in [-0.05, 0) is 24.9 Å². The topological polar surface area (TPSA) is 72.2 Å². The first kappa shape index (κ1) is 13.2. The summed E-state index contributed by atoms with van der Waals surface area (Å²) in [5.74, 6) is 0.0695. The van der Waals surface area contributed by atoms with Gasteiger partial charge in [-0.2, -0.15) is 0 Å². The molecule has 5 heteroatoms. The predicted octanol–water partition coefficient (Wildman–Crippen LogP) is 0.845. The van der Waals surface area contributed by atoms with E-state index < -0.39 is 10.0 Å². The highest BCUT2D eigenvalue weighted by atomic mass is 32.2. The molecule has 4 nitrogen and oxygen atoms in total. The van der Waals surface area contributed by atoms with Crippen LogP contribution in [-0.2, 0) is 16.6 Å². The quantitative estimate of drug-likeness (QED) is 0.696. The minimum absolute atomic E-state index is 0.0695. The van der Waals surface area contributed by atoms with Crippen molar-refractivity contribution in [2.45, 2.75) is 19.4 Å². The Morgan fingerprint density at radius 1 is 1.12 bits per heavy atom. The Bertz CT molecular complexity index is 390. The summed E-state index contributed by atoms with van der Waals surface area (Å²) in [6.07, 6.45) is 1.43. The van der Waals surface area contributed by atoms with Crippen molar-refractivity contribution in [3.05, 3.63) is 35.9 Å². The summed E-state index contributed by atoms with van der Waals surface area (Å²) in [5, 5.41) is 8.15. The van der Waals surface area contributed by atoms with Crippen LogP contribution in [0.25, 0.3) is 0 Å². The molecular formula is C11H18N2O2S. The number of rotatable bonds is 7. The third-order valence-corrected chi connectivity index (χ3v) is 3.06. The fourth-order valence-corrected chi connectivity index (χ4v) is 1.99. The lowest BCUT2D eigenvalue weighted by molar-refractivity contribution is 0.588. The van der Waals surface area contributed by atoms with E-state index in [9.17, 15) is 8.42 Å². The molecule has 0 amide bonds. The van der Waals surface area contributed by atoms with Crippen LogP contribution in [0.3, 0.4) is 0 Å². The van der Waals surface area contributed by atoms with E-state index in [0.717, 1.165) is 19.5 Å². The van der Waals surface area contributed by atoms with Crippen molar-refractivity contribution < 1.29 is 8.42 Å². The molecule has 0 unspecified atom stereocenters. The smallest absolute Gasteiger partial charge is 0.209 e. The highest BCUT2D eigenvalue weighted by Gasteiger charge is 2.00. The average molecular weight is 242 g/mol. The molecule has 90 valence electrons. The number of hydrogen-bond acceptors (Lipinski definition) is 3. The van der Waals surface area contributed by atoms with Gasteiger partial charge in [0.25, 0.3) is 0 Å². The van der Waals surface area contributed by atoms with E-state index in [0.29, 0.717) is 6.42 Å². The summed E-state index contributed by atoms with van der Waals surface area (Å²) in [7, 11) is -3.29. The Labute approximate surface area is 96.9 Å². The Morgan fingerprint density at radius 2 is 1.81 bits per heavy atom. The molecule has 0 bridgehead atoms. The maximum atomic E-state index is 10.6. The molecule has 0 aliphatic carbocycles. The lowest BCUT2D eigenvalue weighted by Crippen LogP contribution is -2.19. The molecule has 0 fully saturated rings. The second-order valence-electron chi connectivity index (χ2n) is 3.74. The molecule has 0 spiro atoms. The number of benzene rings is 1. The third-order valence-electron chi connectivity index (χ3n) is 2.20. The van der Waals surface area contributed by atoms with Gasteiger partial charge in [0.15, 0.2) is 0 Å². The van der Waals surface area contributed by atoms with E-state index in [4.69, 9.17) is 5.14 Å². The first-order valence-electron chi connectivity index (χ1n) is 5.33. The lowest BCUT2D eigenvalue weighted by atomic mass is 10.2. The SMILES string of the molecule is NS(=O)(=O)CCCCNCc1ccccc1. The van der Waals surface area contributed by atoms with Gasteiger partial charge in [0.05, 0.1) is 5.75 Å². The van der Waals surface area contributed by atoms with Gasteiger partial charge in [-0.15, -0.1) is 0 Å². The molecule has 16 heavy (non-hydrogen) atoms. The summed E-state index contributed by atoms with van der Waals surface area (Å²) in [4.78, 5) is 0. The molecule has 0 saturated carbocycles. The number of hydrogen-bond donors (Lipinski definition) is 2. The van der Waals surface area contributed by atoms with E-state index in [1.807, 2.05) is 18.2 Å². The monoisotopic (exact) mass is 242 g/mol. The van der Waals surface area contributed by atoms with Gasteiger partial charge in [0.1, 0.15) is 0 Å². The van der Waals surface area contributed by atoms with Gasteiger partial charge < -0.3 is 5.32 Å². The Balaban J connectivity index is 2.05. The van der Waals surface area contributed by atoms with Gasteiger partial charge in [-0.1, -0.05) is 30.3 Å². The first-order chi connectivity index (χ1) is 7.58. The number of primary sulfonamides is 1. The molecule has 0 heterocycles. The van der Waals surface area contributed by atoms with Crippen LogP contribution in [0.5, 0.6) is 0 Å². The van der Waals surface area contributed by atoms with Crippen molar-refractivity contribution in [3.63, 3.8) is 0 Å². The zero-order valence-corrected chi connectivity index (χ0v) is 10.0. The summed E-state index contributed by atoms with van der Waals surface area (Å²) in [6.45, 7) is 1.63. The van der Waals surface area contributed by atoms with Crippen molar-refractivity contribution in [1.82, 2.24) is 5.32 Å². The Morgan fingerprint density at radius 3 is 2.44 bits per heavy atom. The predicted molar refractivity (Wildman–Crippen MR) is 65.4 cm³/mol. The summed E-state index contributed by atoms with van der Waals surface area (Å²) >= 11 is 0. The Kier molecular flexibility index (Phi) is 5.45. The zero-order chi connectivity index (χ0) is 11.9. The lowest BCUT2D eigenvalue weighted by Gasteiger charge is -2.04. The number of nitrogens with one attached hydrogen (secondary N) is 1. The van der Waals surface area contributed by atoms with Gasteiger partial charge in [-0.3, -0.25) is 0 Å². The molecular weight excluding hydrogens is 224 g/mol. The maximum Gasteiger partial charge on any atom is 0.209 e. The molecule has 0 atom stereocenters. The van der Waals surface area contributed by atoms with Crippen molar-refractivity contribution in [2.24, 2.45) is 5.14 Å². The van der Waals surface area contributed by atoms with E-state index in [1.165, 1.54) is 5.56 Å². The number of unbranched alkanes of at least 4 members (excludes halogenated alkanes) is 1. The molecule has 1 aromatic carbocycles. The van der Waals surface area contributed by atoms with Crippen LogP contribution >= 0.6 is 0 Å². The van der Waals surface area contributed by atoms with Crippen molar-refractivity contribution in [1.29, 1.82) is 0 Å². The van der Waals surface area contributed by atoms with Crippen molar-refractivity contribution in [3.8, 4) is 0 Å². The molecule has 1 aromatic rings. The summed E-state index contributed by atoms with van der Waals surface area (Å²) in [6, 6.07) is 10.1. The molecule has 0 aromatic heterocycles. The molecule has 0 aliphatic heterocycles. The molecule has 0 radical (unpaired) electrons. The summed E-state index contributed by atoms with van der Waals surface area (Å²) < 4.78 is 21.3. The third kappa shape index (κ3) is 6.55. The van der Waals surface area contributed by atoms with E-state index in [1.54, 1.807) is 0 Å². The number of sulfonamides is 1. The molecule has 0 aliphatic rings. The van der Waals surface area contributed by atoms with Crippen LogP contribution in [-0.4, -0.2) is 20.7 Å². The fourth-order valence-electron chi connectivity index (χ4n) is 1.38. The van der Waals surface area contributed by atoms with Gasteiger partial charge >= 0.3 is 0 Å². The second-order valence-corrected chi connectivity index (χ2v) is 5.47. The standard InChI is InChI=1S/C11H18N2O2S/c12-16(14,15)9-5-4-8-13-10-11-6-2-1-3-7-11/h1-3,6-7,13H,4-5,8-10H2,(H2,12,14,15). The van der Waals surface area contributed by atoms with Crippen LogP contribution in [0.2, 0.25) is 0 Å². The van der Waals surface area contributed by atoms with Crippen LogP contribution < -0.4 is 10.5 Å². The maximum absolute atomic E-state index is 10.6. The second kappa shape index (κ2) is 6.62. The van der Waals surface area contributed by atoms with Gasteiger partial charge in [-0.25, -0.2) is 13.6 Å². The van der Waals surface area contributed by atoms with Crippen molar-refractivity contribution in [2.75, 3.05) is 12.3 Å².